The summed E-state index contributed by atoms with van der Waals surface area (Å²) in [5.41, 5.74) is 1.67. The van der Waals surface area contributed by atoms with Crippen LogP contribution >= 0.6 is 0 Å². The molecule has 1 fully saturated rings. The number of aryl methyl sites for hydroxylation is 1. The Morgan fingerprint density at radius 3 is 2.76 bits per heavy atom. The van der Waals surface area contributed by atoms with E-state index in [4.69, 9.17) is 4.42 Å². The molecule has 1 saturated carbocycles. The number of furan rings is 1. The molecule has 1 N–H and O–H groups in total. The molecule has 0 bridgehead atoms. The van der Waals surface area contributed by atoms with E-state index in [1.807, 2.05) is 20.0 Å². The lowest BCUT2D eigenvalue weighted by Crippen LogP contribution is -2.17. The maximum atomic E-state index is 13.7. The largest absolute Gasteiger partial charge is 0.459 e. The van der Waals surface area contributed by atoms with Crippen molar-refractivity contribution in [2.45, 2.75) is 25.8 Å². The molecular weight excluding hydrogens is 217 g/mol. The molecule has 3 heteroatoms. The molecule has 0 amide bonds. The first-order valence-corrected chi connectivity index (χ1v) is 6.06. The van der Waals surface area contributed by atoms with Gasteiger partial charge in [0.05, 0.1) is 11.4 Å². The summed E-state index contributed by atoms with van der Waals surface area (Å²) in [4.78, 5) is 0. The average molecular weight is 233 g/mol. The van der Waals surface area contributed by atoms with Crippen molar-refractivity contribution in [3.05, 3.63) is 35.3 Å². The van der Waals surface area contributed by atoms with Crippen LogP contribution in [0.15, 0.2) is 22.6 Å². The van der Waals surface area contributed by atoms with E-state index in [1.54, 1.807) is 6.07 Å². The third-order valence-electron chi connectivity index (χ3n) is 3.56. The van der Waals surface area contributed by atoms with Gasteiger partial charge in [0.1, 0.15) is 17.2 Å². The van der Waals surface area contributed by atoms with Gasteiger partial charge in [0.15, 0.2) is 0 Å². The van der Waals surface area contributed by atoms with Crippen LogP contribution in [0.4, 0.5) is 4.39 Å². The molecule has 1 heterocycles. The van der Waals surface area contributed by atoms with Crippen LogP contribution in [0, 0.1) is 18.7 Å². The van der Waals surface area contributed by atoms with Gasteiger partial charge in [0, 0.05) is 0 Å². The van der Waals surface area contributed by atoms with Crippen LogP contribution in [0.3, 0.4) is 0 Å². The lowest BCUT2D eigenvalue weighted by Gasteiger charge is -2.11. The molecule has 0 spiro atoms. The Morgan fingerprint density at radius 1 is 1.41 bits per heavy atom. The molecule has 0 aliphatic heterocycles. The summed E-state index contributed by atoms with van der Waals surface area (Å²) in [6, 6.07) is 5.33. The fourth-order valence-corrected chi connectivity index (χ4v) is 2.44. The molecule has 1 aliphatic carbocycles. The molecular formula is C14H16FNO. The summed E-state index contributed by atoms with van der Waals surface area (Å²) in [7, 11) is 1.93. The zero-order chi connectivity index (χ0) is 12.0. The Balaban J connectivity index is 2.12. The van der Waals surface area contributed by atoms with E-state index >= 15 is 0 Å². The van der Waals surface area contributed by atoms with Crippen molar-refractivity contribution in [3.63, 3.8) is 0 Å². The van der Waals surface area contributed by atoms with Gasteiger partial charge in [-0.05, 0) is 50.4 Å². The fraction of sp³-hybridized carbons (Fsp3) is 0.429. The van der Waals surface area contributed by atoms with Gasteiger partial charge in [-0.15, -0.1) is 0 Å². The lowest BCUT2D eigenvalue weighted by molar-refractivity contribution is 0.419. The summed E-state index contributed by atoms with van der Waals surface area (Å²) in [5.74, 6) is 1.30. The van der Waals surface area contributed by atoms with Gasteiger partial charge < -0.3 is 9.73 Å². The standard InChI is InChI=1S/C14H16FNO/c1-8-3-6-11(15)10-7-12(17-14(8)10)13(16-2)9-4-5-9/h3,6-7,9,13,16H,4-5H2,1-2H3. The van der Waals surface area contributed by atoms with Gasteiger partial charge >= 0.3 is 0 Å². The molecule has 1 atom stereocenters. The Labute approximate surface area is 99.8 Å². The number of fused-ring (bicyclic) bond motifs is 1. The first-order chi connectivity index (χ1) is 8.20. The van der Waals surface area contributed by atoms with Crippen LogP contribution in [0.25, 0.3) is 11.0 Å². The zero-order valence-electron chi connectivity index (χ0n) is 10.1. The Hall–Kier alpha value is -1.35. The van der Waals surface area contributed by atoms with Crippen LogP contribution < -0.4 is 5.32 Å². The minimum Gasteiger partial charge on any atom is -0.459 e. The summed E-state index contributed by atoms with van der Waals surface area (Å²) in [6.45, 7) is 1.94. The van der Waals surface area contributed by atoms with E-state index in [1.165, 1.54) is 18.9 Å². The van der Waals surface area contributed by atoms with E-state index in [2.05, 4.69) is 5.32 Å². The second-order valence-corrected chi connectivity index (χ2v) is 4.86. The predicted octanol–water partition coefficient (Wildman–Crippen LogP) is 3.55. The van der Waals surface area contributed by atoms with E-state index in [-0.39, 0.29) is 11.9 Å². The highest BCUT2D eigenvalue weighted by Crippen LogP contribution is 2.42. The van der Waals surface area contributed by atoms with E-state index < -0.39 is 0 Å². The third-order valence-corrected chi connectivity index (χ3v) is 3.56. The molecule has 3 rings (SSSR count). The van der Waals surface area contributed by atoms with Gasteiger partial charge in [-0.1, -0.05) is 6.07 Å². The number of hydrogen-bond acceptors (Lipinski definition) is 2. The monoisotopic (exact) mass is 233 g/mol. The summed E-state index contributed by atoms with van der Waals surface area (Å²) < 4.78 is 19.5. The van der Waals surface area contributed by atoms with E-state index in [0.717, 1.165) is 11.3 Å². The van der Waals surface area contributed by atoms with Gasteiger partial charge in [-0.25, -0.2) is 4.39 Å². The van der Waals surface area contributed by atoms with Crippen LogP contribution in [0.1, 0.15) is 30.2 Å². The zero-order valence-corrected chi connectivity index (χ0v) is 10.1. The molecule has 0 radical (unpaired) electrons. The Morgan fingerprint density at radius 2 is 2.18 bits per heavy atom. The van der Waals surface area contributed by atoms with Crippen LogP contribution in [-0.4, -0.2) is 7.05 Å². The smallest absolute Gasteiger partial charge is 0.140 e. The van der Waals surface area contributed by atoms with Crippen molar-refractivity contribution in [2.75, 3.05) is 7.05 Å². The number of hydrogen-bond donors (Lipinski definition) is 1. The van der Waals surface area contributed by atoms with E-state index in [0.29, 0.717) is 16.9 Å². The lowest BCUT2D eigenvalue weighted by atomic mass is 10.1. The Bertz CT molecular complexity index is 518. The van der Waals surface area contributed by atoms with Crippen molar-refractivity contribution >= 4 is 11.0 Å². The number of nitrogens with one attached hydrogen (secondary N) is 1. The maximum absolute atomic E-state index is 13.7. The molecule has 0 saturated heterocycles. The van der Waals surface area contributed by atoms with Gasteiger partial charge in [-0.2, -0.15) is 0 Å². The van der Waals surface area contributed by atoms with Crippen LogP contribution in [0.5, 0.6) is 0 Å². The van der Waals surface area contributed by atoms with Gasteiger partial charge in [-0.3, -0.25) is 0 Å². The van der Waals surface area contributed by atoms with Gasteiger partial charge in [0.25, 0.3) is 0 Å². The molecule has 1 aliphatic rings. The minimum atomic E-state index is -0.203. The summed E-state index contributed by atoms with van der Waals surface area (Å²) in [6.07, 6.45) is 2.45. The predicted molar refractivity (Wildman–Crippen MR) is 65.4 cm³/mol. The molecule has 1 aromatic heterocycles. The highest BCUT2D eigenvalue weighted by molar-refractivity contribution is 5.81. The third kappa shape index (κ3) is 1.75. The SMILES string of the molecule is CNC(c1cc2c(F)ccc(C)c2o1)C1CC1. The van der Waals surface area contributed by atoms with E-state index in [9.17, 15) is 4.39 Å². The normalized spacial score (nSPS) is 17.6. The summed E-state index contributed by atoms with van der Waals surface area (Å²) in [5, 5.41) is 3.86. The van der Waals surface area contributed by atoms with Crippen molar-refractivity contribution in [3.8, 4) is 0 Å². The fourth-order valence-electron chi connectivity index (χ4n) is 2.44. The summed E-state index contributed by atoms with van der Waals surface area (Å²) >= 11 is 0. The van der Waals surface area contributed by atoms with Gasteiger partial charge in [0.2, 0.25) is 0 Å². The molecule has 90 valence electrons. The maximum Gasteiger partial charge on any atom is 0.140 e. The second kappa shape index (κ2) is 3.84. The molecule has 2 aromatic rings. The Kier molecular flexibility index (Phi) is 2.44. The first-order valence-electron chi connectivity index (χ1n) is 6.06. The van der Waals surface area contributed by atoms with Crippen molar-refractivity contribution in [1.29, 1.82) is 0 Å². The van der Waals surface area contributed by atoms with Crippen molar-refractivity contribution in [1.82, 2.24) is 5.32 Å². The number of benzene rings is 1. The number of rotatable bonds is 3. The van der Waals surface area contributed by atoms with Crippen LogP contribution in [-0.2, 0) is 0 Å². The quantitative estimate of drug-likeness (QED) is 0.877. The number of halogens is 1. The topological polar surface area (TPSA) is 25.2 Å². The molecule has 1 aromatic carbocycles. The molecule has 2 nitrogen and oxygen atoms in total. The first kappa shape index (κ1) is 10.8. The molecule has 17 heavy (non-hydrogen) atoms. The van der Waals surface area contributed by atoms with Crippen LogP contribution in [0.2, 0.25) is 0 Å². The van der Waals surface area contributed by atoms with Crippen molar-refractivity contribution in [2.24, 2.45) is 5.92 Å². The second-order valence-electron chi connectivity index (χ2n) is 4.86. The average Bonchev–Trinajstić information content (AvgIpc) is 3.03. The highest BCUT2D eigenvalue weighted by atomic mass is 19.1. The molecule has 1 unspecified atom stereocenters. The van der Waals surface area contributed by atoms with Crippen molar-refractivity contribution < 1.29 is 8.81 Å². The minimum absolute atomic E-state index is 0.203. The highest BCUT2D eigenvalue weighted by Gasteiger charge is 2.33.